The number of aromatic amines is 1. The van der Waals surface area contributed by atoms with Crippen molar-refractivity contribution in [2.45, 2.75) is 6.92 Å². The van der Waals surface area contributed by atoms with Crippen molar-refractivity contribution in [3.63, 3.8) is 0 Å². The third-order valence-corrected chi connectivity index (χ3v) is 2.50. The Balaban J connectivity index is 2.05. The predicted molar refractivity (Wildman–Crippen MR) is 69.2 cm³/mol. The molecular formula is C13H10N4O2. The first-order valence-electron chi connectivity index (χ1n) is 5.69. The largest absolute Gasteiger partial charge is 0.424 e. The van der Waals surface area contributed by atoms with E-state index in [-0.39, 0.29) is 17.1 Å². The number of H-pyrrole nitrogens is 1. The number of aryl methyl sites for hydroxylation is 1. The lowest BCUT2D eigenvalue weighted by Gasteiger charge is -2.03. The Morgan fingerprint density at radius 3 is 2.74 bits per heavy atom. The fourth-order valence-electron chi connectivity index (χ4n) is 1.68. The molecule has 0 amide bonds. The van der Waals surface area contributed by atoms with Gasteiger partial charge in [0.05, 0.1) is 6.20 Å². The summed E-state index contributed by atoms with van der Waals surface area (Å²) >= 11 is 0. The monoisotopic (exact) mass is 254 g/mol. The first kappa shape index (κ1) is 11.3. The van der Waals surface area contributed by atoms with Gasteiger partial charge in [0.1, 0.15) is 17.1 Å². The summed E-state index contributed by atoms with van der Waals surface area (Å²) in [6, 6.07) is 9.25. The first-order valence-corrected chi connectivity index (χ1v) is 5.69. The number of rotatable bonds is 2. The van der Waals surface area contributed by atoms with E-state index in [2.05, 4.69) is 19.9 Å². The van der Waals surface area contributed by atoms with Crippen molar-refractivity contribution in [3.8, 4) is 11.8 Å². The quantitative estimate of drug-likeness (QED) is 0.754. The number of hydrogen-bond acceptors (Lipinski definition) is 5. The molecule has 1 aromatic carbocycles. The molecule has 0 saturated carbocycles. The van der Waals surface area contributed by atoms with Crippen molar-refractivity contribution in [1.82, 2.24) is 19.9 Å². The lowest BCUT2D eigenvalue weighted by molar-refractivity contribution is 0.444. The molecule has 0 unspecified atom stereocenters. The molecular weight excluding hydrogens is 244 g/mol. The number of ether oxygens (including phenoxy) is 1. The predicted octanol–water partition coefficient (Wildman–Crippen LogP) is 1.81. The molecule has 0 aliphatic heterocycles. The van der Waals surface area contributed by atoms with Crippen LogP contribution in [0.3, 0.4) is 0 Å². The molecule has 0 aliphatic carbocycles. The Hall–Kier alpha value is -2.76. The van der Waals surface area contributed by atoms with E-state index in [0.29, 0.717) is 17.1 Å². The van der Waals surface area contributed by atoms with Gasteiger partial charge in [-0.2, -0.15) is 4.98 Å². The van der Waals surface area contributed by atoms with Crippen LogP contribution in [0.15, 0.2) is 41.3 Å². The molecule has 0 fully saturated rings. The molecule has 0 atom stereocenters. The minimum Gasteiger partial charge on any atom is -0.424 e. The number of nitrogens with one attached hydrogen (secondary N) is 1. The van der Waals surface area contributed by atoms with Crippen molar-refractivity contribution in [2.24, 2.45) is 0 Å². The van der Waals surface area contributed by atoms with E-state index in [4.69, 9.17) is 4.74 Å². The van der Waals surface area contributed by atoms with Crippen molar-refractivity contribution in [3.05, 3.63) is 52.7 Å². The maximum atomic E-state index is 11.8. The Morgan fingerprint density at radius 1 is 1.16 bits per heavy atom. The highest BCUT2D eigenvalue weighted by Crippen LogP contribution is 2.17. The second-order valence-corrected chi connectivity index (χ2v) is 3.95. The van der Waals surface area contributed by atoms with Crippen LogP contribution >= 0.6 is 0 Å². The molecule has 2 aromatic heterocycles. The molecule has 0 bridgehead atoms. The van der Waals surface area contributed by atoms with E-state index in [1.165, 1.54) is 6.20 Å². The van der Waals surface area contributed by atoms with Crippen molar-refractivity contribution in [2.75, 3.05) is 0 Å². The highest BCUT2D eigenvalue weighted by Gasteiger charge is 2.07. The number of nitrogens with zero attached hydrogens (tertiary/aromatic N) is 3. The molecule has 0 aliphatic rings. The molecule has 3 aromatic rings. The molecule has 0 saturated heterocycles. The van der Waals surface area contributed by atoms with Gasteiger partial charge in [-0.15, -0.1) is 0 Å². The van der Waals surface area contributed by atoms with Gasteiger partial charge in [0, 0.05) is 0 Å². The molecule has 2 heterocycles. The second-order valence-electron chi connectivity index (χ2n) is 3.95. The van der Waals surface area contributed by atoms with E-state index < -0.39 is 0 Å². The minimum atomic E-state index is -0.303. The number of benzene rings is 1. The number of hydrogen-bond donors (Lipinski definition) is 1. The van der Waals surface area contributed by atoms with Crippen LogP contribution in [0, 0.1) is 6.92 Å². The van der Waals surface area contributed by atoms with Crippen LogP contribution in [0.2, 0.25) is 0 Å². The van der Waals surface area contributed by atoms with Gasteiger partial charge in [-0.1, -0.05) is 18.2 Å². The normalized spacial score (nSPS) is 10.6. The van der Waals surface area contributed by atoms with Crippen LogP contribution in [0.5, 0.6) is 11.8 Å². The van der Waals surface area contributed by atoms with E-state index in [0.717, 1.165) is 0 Å². The highest BCUT2D eigenvalue weighted by molar-refractivity contribution is 5.71. The zero-order valence-corrected chi connectivity index (χ0v) is 10.1. The molecule has 0 spiro atoms. The topological polar surface area (TPSA) is 80.8 Å². The van der Waals surface area contributed by atoms with Gasteiger partial charge in [-0.05, 0) is 19.1 Å². The maximum absolute atomic E-state index is 11.8. The number of para-hydroxylation sites is 1. The molecule has 6 nitrogen and oxygen atoms in total. The van der Waals surface area contributed by atoms with Gasteiger partial charge >= 0.3 is 6.01 Å². The zero-order valence-electron chi connectivity index (χ0n) is 10.1. The summed E-state index contributed by atoms with van der Waals surface area (Å²) in [5.74, 6) is 1.14. The highest BCUT2D eigenvalue weighted by atomic mass is 16.5. The van der Waals surface area contributed by atoms with Gasteiger partial charge < -0.3 is 9.72 Å². The summed E-state index contributed by atoms with van der Waals surface area (Å²) in [4.78, 5) is 26.6. The van der Waals surface area contributed by atoms with Crippen molar-refractivity contribution < 1.29 is 4.74 Å². The number of aromatic nitrogens is 4. The molecule has 0 radical (unpaired) electrons. The average molecular weight is 254 g/mol. The van der Waals surface area contributed by atoms with Crippen LogP contribution in [0.1, 0.15) is 5.82 Å². The second kappa shape index (κ2) is 4.49. The van der Waals surface area contributed by atoms with Crippen LogP contribution < -0.4 is 10.3 Å². The van der Waals surface area contributed by atoms with Gasteiger partial charge in [-0.3, -0.25) is 4.79 Å². The van der Waals surface area contributed by atoms with Crippen LogP contribution in [0.4, 0.5) is 0 Å². The zero-order chi connectivity index (χ0) is 13.2. The van der Waals surface area contributed by atoms with E-state index in [9.17, 15) is 4.79 Å². The summed E-state index contributed by atoms with van der Waals surface area (Å²) in [5.41, 5.74) is 0.357. The van der Waals surface area contributed by atoms with Crippen molar-refractivity contribution >= 4 is 11.0 Å². The van der Waals surface area contributed by atoms with Gasteiger partial charge in [0.15, 0.2) is 5.52 Å². The summed E-state index contributed by atoms with van der Waals surface area (Å²) in [6.07, 6.45) is 1.48. The van der Waals surface area contributed by atoms with E-state index >= 15 is 0 Å². The van der Waals surface area contributed by atoms with Crippen LogP contribution in [-0.2, 0) is 0 Å². The fourth-order valence-corrected chi connectivity index (χ4v) is 1.68. The summed E-state index contributed by atoms with van der Waals surface area (Å²) in [7, 11) is 0. The Kier molecular flexibility index (Phi) is 2.68. The van der Waals surface area contributed by atoms with Crippen LogP contribution in [-0.4, -0.2) is 19.9 Å². The van der Waals surface area contributed by atoms with Crippen molar-refractivity contribution in [1.29, 1.82) is 0 Å². The summed E-state index contributed by atoms with van der Waals surface area (Å²) in [5, 5.41) is 0. The Labute approximate surface area is 108 Å². The average Bonchev–Trinajstić information content (AvgIpc) is 2.40. The van der Waals surface area contributed by atoms with Gasteiger partial charge in [-0.25, -0.2) is 9.97 Å². The number of fused-ring (bicyclic) bond motifs is 1. The first-order chi connectivity index (χ1) is 9.22. The lowest BCUT2D eigenvalue weighted by Crippen LogP contribution is -2.12. The molecule has 3 rings (SSSR count). The Bertz CT molecular complexity index is 784. The molecule has 94 valence electrons. The van der Waals surface area contributed by atoms with E-state index in [1.54, 1.807) is 19.1 Å². The Morgan fingerprint density at radius 2 is 1.95 bits per heavy atom. The smallest absolute Gasteiger partial charge is 0.322 e. The SMILES string of the molecule is Cc1nc2cnc(Oc3ccccc3)nc2c(=O)[nH]1. The van der Waals surface area contributed by atoms with E-state index in [1.807, 2.05) is 18.2 Å². The molecule has 6 heteroatoms. The van der Waals surface area contributed by atoms with Gasteiger partial charge in [0.25, 0.3) is 5.56 Å². The van der Waals surface area contributed by atoms with Gasteiger partial charge in [0.2, 0.25) is 0 Å². The maximum Gasteiger partial charge on any atom is 0.322 e. The molecule has 1 N–H and O–H groups in total. The summed E-state index contributed by atoms with van der Waals surface area (Å²) in [6.45, 7) is 1.70. The summed E-state index contributed by atoms with van der Waals surface area (Å²) < 4.78 is 5.47. The fraction of sp³-hybridized carbons (Fsp3) is 0.0769. The lowest BCUT2D eigenvalue weighted by atomic mass is 10.3. The third-order valence-electron chi connectivity index (χ3n) is 2.50. The molecule has 19 heavy (non-hydrogen) atoms. The third kappa shape index (κ3) is 2.28. The standard InChI is InChI=1S/C13H10N4O2/c1-8-15-10-7-14-13(17-11(10)12(18)16-8)19-9-5-3-2-4-6-9/h2-7H,1H3,(H,15,16,18). The minimum absolute atomic E-state index is 0.120. The van der Waals surface area contributed by atoms with Crippen LogP contribution in [0.25, 0.3) is 11.0 Å².